The maximum absolute atomic E-state index is 10.6. The van der Waals surface area contributed by atoms with Crippen molar-refractivity contribution >= 4 is 17.4 Å². The summed E-state index contributed by atoms with van der Waals surface area (Å²) in [5.74, 6) is 3.41. The molecule has 0 fully saturated rings. The number of benzene rings is 2. The fourth-order valence-electron chi connectivity index (χ4n) is 1.65. The van der Waals surface area contributed by atoms with Crippen molar-refractivity contribution in [2.75, 3.05) is 5.75 Å². The molecule has 2 rings (SSSR count). The van der Waals surface area contributed by atoms with Crippen LogP contribution in [0.15, 0.2) is 48.5 Å². The molecule has 0 aromatic heterocycles. The highest BCUT2D eigenvalue weighted by Crippen LogP contribution is 2.24. The number of ether oxygens (including phenoxy) is 1. The number of non-ortho nitro benzene ring substituents is 1. The van der Waals surface area contributed by atoms with E-state index in [2.05, 4.69) is 6.92 Å². The van der Waals surface area contributed by atoms with E-state index in [0.717, 1.165) is 17.3 Å². The first-order valence-corrected chi connectivity index (χ1v) is 7.43. The maximum atomic E-state index is 10.6. The fraction of sp³-hybridized carbons (Fsp3) is 0.200. The third-order valence-electron chi connectivity index (χ3n) is 2.68. The molecule has 2 aromatic rings. The van der Waals surface area contributed by atoms with Crippen molar-refractivity contribution in [3.8, 4) is 11.5 Å². The zero-order chi connectivity index (χ0) is 14.4. The average molecular weight is 289 g/mol. The molecule has 0 saturated heterocycles. The highest BCUT2D eigenvalue weighted by Gasteiger charge is 2.05. The number of thioether (sulfide) groups is 1. The van der Waals surface area contributed by atoms with Crippen LogP contribution in [0.5, 0.6) is 11.5 Å². The molecule has 0 bridgehead atoms. The van der Waals surface area contributed by atoms with Crippen LogP contribution in [0.3, 0.4) is 0 Å². The van der Waals surface area contributed by atoms with Gasteiger partial charge in [0.15, 0.2) is 0 Å². The Hall–Kier alpha value is -2.01. The van der Waals surface area contributed by atoms with E-state index in [-0.39, 0.29) is 5.69 Å². The summed E-state index contributed by atoms with van der Waals surface area (Å²) >= 11 is 1.87. The quantitative estimate of drug-likeness (QED) is 0.574. The molecule has 2 aromatic carbocycles. The third kappa shape index (κ3) is 3.99. The lowest BCUT2D eigenvalue weighted by atomic mass is 10.2. The van der Waals surface area contributed by atoms with E-state index in [0.29, 0.717) is 5.75 Å². The van der Waals surface area contributed by atoms with E-state index in [9.17, 15) is 10.1 Å². The molecule has 0 aliphatic rings. The Balaban J connectivity index is 2.00. The second kappa shape index (κ2) is 6.96. The average Bonchev–Trinajstić information content (AvgIpc) is 2.47. The zero-order valence-electron chi connectivity index (χ0n) is 11.1. The fourth-order valence-corrected chi connectivity index (χ4v) is 2.28. The number of hydrogen-bond acceptors (Lipinski definition) is 4. The molecular formula is C15H15NO3S. The predicted molar refractivity (Wildman–Crippen MR) is 81.4 cm³/mol. The Labute approximate surface area is 121 Å². The first kappa shape index (κ1) is 14.4. The van der Waals surface area contributed by atoms with Gasteiger partial charge < -0.3 is 4.74 Å². The summed E-state index contributed by atoms with van der Waals surface area (Å²) in [6, 6.07) is 13.9. The normalized spacial score (nSPS) is 10.2. The highest BCUT2D eigenvalue weighted by atomic mass is 32.2. The summed E-state index contributed by atoms with van der Waals surface area (Å²) in [5.41, 5.74) is 1.32. The summed E-state index contributed by atoms with van der Waals surface area (Å²) in [4.78, 5) is 10.1. The Bertz CT molecular complexity index is 567. The van der Waals surface area contributed by atoms with Crippen LogP contribution in [-0.4, -0.2) is 10.7 Å². The second-order valence-corrected chi connectivity index (χ2v) is 5.41. The van der Waals surface area contributed by atoms with Crippen LogP contribution < -0.4 is 4.74 Å². The smallest absolute Gasteiger partial charge is 0.269 e. The van der Waals surface area contributed by atoms with E-state index in [1.54, 1.807) is 12.1 Å². The number of nitro groups is 1. The van der Waals surface area contributed by atoms with Gasteiger partial charge in [-0.2, -0.15) is 11.8 Å². The standard InChI is InChI=1S/C15H15NO3S/c1-2-20-11-12-3-7-14(8-4-12)19-15-9-5-13(6-10-15)16(17)18/h3-10H,2,11H2,1H3. The van der Waals surface area contributed by atoms with Crippen molar-refractivity contribution in [3.63, 3.8) is 0 Å². The minimum atomic E-state index is -0.427. The van der Waals surface area contributed by atoms with Crippen molar-refractivity contribution in [2.24, 2.45) is 0 Å². The van der Waals surface area contributed by atoms with E-state index >= 15 is 0 Å². The van der Waals surface area contributed by atoms with Crippen molar-refractivity contribution in [1.29, 1.82) is 0 Å². The van der Waals surface area contributed by atoms with Gasteiger partial charge in [-0.3, -0.25) is 10.1 Å². The van der Waals surface area contributed by atoms with Crippen LogP contribution in [0.1, 0.15) is 12.5 Å². The monoisotopic (exact) mass is 289 g/mol. The minimum absolute atomic E-state index is 0.0595. The number of rotatable bonds is 6. The summed E-state index contributed by atoms with van der Waals surface area (Å²) in [6.45, 7) is 2.14. The van der Waals surface area contributed by atoms with Crippen LogP contribution in [0.25, 0.3) is 0 Å². The Morgan fingerprint density at radius 2 is 1.60 bits per heavy atom. The third-order valence-corrected chi connectivity index (χ3v) is 3.63. The summed E-state index contributed by atoms with van der Waals surface area (Å²) in [7, 11) is 0. The van der Waals surface area contributed by atoms with Crippen molar-refractivity contribution in [3.05, 3.63) is 64.2 Å². The van der Waals surface area contributed by atoms with Crippen LogP contribution in [0, 0.1) is 10.1 Å². The zero-order valence-corrected chi connectivity index (χ0v) is 11.9. The van der Waals surface area contributed by atoms with Crippen molar-refractivity contribution < 1.29 is 9.66 Å². The Morgan fingerprint density at radius 3 is 2.10 bits per heavy atom. The number of nitro benzene ring substituents is 1. The molecule has 0 N–H and O–H groups in total. The molecule has 0 aliphatic carbocycles. The summed E-state index contributed by atoms with van der Waals surface area (Å²) in [6.07, 6.45) is 0. The van der Waals surface area contributed by atoms with Gasteiger partial charge in [0.05, 0.1) is 4.92 Å². The summed E-state index contributed by atoms with van der Waals surface area (Å²) in [5, 5.41) is 10.6. The lowest BCUT2D eigenvalue weighted by Gasteiger charge is -2.06. The van der Waals surface area contributed by atoms with E-state index in [4.69, 9.17) is 4.74 Å². The lowest BCUT2D eigenvalue weighted by molar-refractivity contribution is -0.384. The van der Waals surface area contributed by atoms with Gasteiger partial charge in [-0.05, 0) is 35.6 Å². The molecular weight excluding hydrogens is 274 g/mol. The SMILES string of the molecule is CCSCc1ccc(Oc2ccc([N+](=O)[O-])cc2)cc1. The first-order valence-electron chi connectivity index (χ1n) is 6.28. The van der Waals surface area contributed by atoms with Gasteiger partial charge in [-0.1, -0.05) is 19.1 Å². The van der Waals surface area contributed by atoms with Gasteiger partial charge in [0, 0.05) is 17.9 Å². The van der Waals surface area contributed by atoms with Crippen molar-refractivity contribution in [2.45, 2.75) is 12.7 Å². The molecule has 104 valence electrons. The van der Waals surface area contributed by atoms with Gasteiger partial charge in [-0.25, -0.2) is 0 Å². The van der Waals surface area contributed by atoms with Crippen LogP contribution >= 0.6 is 11.8 Å². The van der Waals surface area contributed by atoms with Crippen LogP contribution in [-0.2, 0) is 5.75 Å². The van der Waals surface area contributed by atoms with Gasteiger partial charge in [0.2, 0.25) is 0 Å². The minimum Gasteiger partial charge on any atom is -0.457 e. The maximum Gasteiger partial charge on any atom is 0.269 e. The Morgan fingerprint density at radius 1 is 1.05 bits per heavy atom. The molecule has 4 nitrogen and oxygen atoms in total. The molecule has 0 radical (unpaired) electrons. The predicted octanol–water partition coefficient (Wildman–Crippen LogP) is 4.64. The largest absolute Gasteiger partial charge is 0.457 e. The Kier molecular flexibility index (Phi) is 5.01. The van der Waals surface area contributed by atoms with E-state index in [1.807, 2.05) is 36.0 Å². The molecule has 0 atom stereocenters. The summed E-state index contributed by atoms with van der Waals surface area (Å²) < 4.78 is 5.64. The highest BCUT2D eigenvalue weighted by molar-refractivity contribution is 7.98. The van der Waals surface area contributed by atoms with Gasteiger partial charge >= 0.3 is 0 Å². The molecule has 0 saturated carbocycles. The van der Waals surface area contributed by atoms with Crippen LogP contribution in [0.4, 0.5) is 5.69 Å². The van der Waals surface area contributed by atoms with Crippen molar-refractivity contribution in [1.82, 2.24) is 0 Å². The molecule has 0 aliphatic heterocycles. The van der Waals surface area contributed by atoms with Gasteiger partial charge in [0.1, 0.15) is 11.5 Å². The number of hydrogen-bond donors (Lipinski definition) is 0. The lowest BCUT2D eigenvalue weighted by Crippen LogP contribution is -1.89. The molecule has 0 heterocycles. The van der Waals surface area contributed by atoms with E-state index in [1.165, 1.54) is 17.7 Å². The van der Waals surface area contributed by atoms with Gasteiger partial charge in [0.25, 0.3) is 5.69 Å². The van der Waals surface area contributed by atoms with E-state index < -0.39 is 4.92 Å². The number of nitrogens with zero attached hydrogens (tertiary/aromatic N) is 1. The molecule has 20 heavy (non-hydrogen) atoms. The molecule has 0 amide bonds. The first-order chi connectivity index (χ1) is 9.69. The molecule has 5 heteroatoms. The molecule has 0 spiro atoms. The molecule has 0 unspecified atom stereocenters. The second-order valence-electron chi connectivity index (χ2n) is 4.13. The van der Waals surface area contributed by atoms with Gasteiger partial charge in [-0.15, -0.1) is 0 Å². The van der Waals surface area contributed by atoms with Crippen LogP contribution in [0.2, 0.25) is 0 Å². The topological polar surface area (TPSA) is 52.4 Å².